The molecule has 0 aliphatic rings. The van der Waals surface area contributed by atoms with Crippen LogP contribution in [-0.2, 0) is 9.53 Å². The van der Waals surface area contributed by atoms with E-state index in [2.05, 4.69) is 4.74 Å². The molecule has 0 N–H and O–H groups in total. The molecule has 0 radical (unpaired) electrons. The third-order valence-electron chi connectivity index (χ3n) is 2.49. The Morgan fingerprint density at radius 3 is 2.61 bits per heavy atom. The Hall–Kier alpha value is -1.58. The van der Waals surface area contributed by atoms with Crippen LogP contribution in [0.25, 0.3) is 0 Å². The van der Waals surface area contributed by atoms with Crippen LogP contribution in [0, 0.1) is 6.92 Å². The molecule has 0 fully saturated rings. The van der Waals surface area contributed by atoms with Crippen LogP contribution in [0.1, 0.15) is 37.8 Å². The van der Waals surface area contributed by atoms with Gasteiger partial charge in [-0.3, -0.25) is 0 Å². The molecule has 100 valence electrons. The van der Waals surface area contributed by atoms with E-state index in [0.717, 1.165) is 11.1 Å². The molecule has 0 amide bonds. The summed E-state index contributed by atoms with van der Waals surface area (Å²) in [6.45, 7) is 7.60. The number of aryl methyl sites for hydroxylation is 1. The van der Waals surface area contributed by atoms with Crippen molar-refractivity contribution in [3.63, 3.8) is 0 Å². The van der Waals surface area contributed by atoms with Gasteiger partial charge < -0.3 is 9.47 Å². The zero-order valence-electron chi connectivity index (χ0n) is 11.2. The van der Waals surface area contributed by atoms with Crippen molar-refractivity contribution in [3.05, 3.63) is 29.3 Å². The van der Waals surface area contributed by atoms with Crippen LogP contribution in [0.4, 0.5) is 4.39 Å². The average Bonchev–Trinajstić information content (AvgIpc) is 2.28. The molecule has 3 nitrogen and oxygen atoms in total. The Kier molecular flexibility index (Phi) is 5.13. The highest BCUT2D eigenvalue weighted by molar-refractivity contribution is 5.73. The number of halogens is 1. The maximum Gasteiger partial charge on any atom is 0.381 e. The number of carbonyl (C=O) groups excluding carboxylic acids is 1. The fourth-order valence-electron chi connectivity index (χ4n) is 1.59. The molecule has 0 aliphatic heterocycles. The van der Waals surface area contributed by atoms with Crippen LogP contribution in [-0.4, -0.2) is 18.9 Å². The van der Waals surface area contributed by atoms with E-state index >= 15 is 0 Å². The van der Waals surface area contributed by atoms with Gasteiger partial charge in [0.15, 0.2) is 0 Å². The van der Waals surface area contributed by atoms with Gasteiger partial charge in [-0.25, -0.2) is 4.79 Å². The lowest BCUT2D eigenvalue weighted by Gasteiger charge is -2.16. The molecule has 0 saturated heterocycles. The summed E-state index contributed by atoms with van der Waals surface area (Å²) in [7, 11) is 0. The van der Waals surface area contributed by atoms with E-state index in [1.807, 2.05) is 32.9 Å². The van der Waals surface area contributed by atoms with Gasteiger partial charge >= 0.3 is 12.3 Å². The Bertz CT molecular complexity index is 416. The van der Waals surface area contributed by atoms with Gasteiger partial charge in [0.1, 0.15) is 5.75 Å². The molecule has 1 aromatic rings. The fourth-order valence-corrected chi connectivity index (χ4v) is 1.59. The predicted molar refractivity (Wildman–Crippen MR) is 67.4 cm³/mol. The largest absolute Gasteiger partial charge is 0.461 e. The van der Waals surface area contributed by atoms with Crippen molar-refractivity contribution >= 4 is 5.97 Å². The molecule has 0 aromatic heterocycles. The number of rotatable bonds is 5. The predicted octanol–water partition coefficient (Wildman–Crippen LogP) is 3.36. The van der Waals surface area contributed by atoms with Crippen LogP contribution in [0.2, 0.25) is 0 Å². The van der Waals surface area contributed by atoms with Gasteiger partial charge in [-0.15, -0.1) is 0 Å². The van der Waals surface area contributed by atoms with Crippen LogP contribution < -0.4 is 4.74 Å². The van der Waals surface area contributed by atoms with Gasteiger partial charge in [0.25, 0.3) is 0 Å². The lowest BCUT2D eigenvalue weighted by atomic mass is 10.0. The summed E-state index contributed by atoms with van der Waals surface area (Å²) in [5.74, 6) is -0.408. The van der Waals surface area contributed by atoms with Crippen molar-refractivity contribution in [2.24, 2.45) is 0 Å². The van der Waals surface area contributed by atoms with Gasteiger partial charge in [0.05, 0.1) is 6.61 Å². The van der Waals surface area contributed by atoms with E-state index in [9.17, 15) is 9.18 Å². The van der Waals surface area contributed by atoms with Gasteiger partial charge in [0, 0.05) is 0 Å². The zero-order chi connectivity index (χ0) is 13.7. The van der Waals surface area contributed by atoms with Gasteiger partial charge in [0.2, 0.25) is 0 Å². The van der Waals surface area contributed by atoms with Gasteiger partial charge in [-0.05, 0) is 37.0 Å². The minimum Gasteiger partial charge on any atom is -0.461 e. The first-order valence-corrected chi connectivity index (χ1v) is 6.03. The normalized spacial score (nSPS) is 12.3. The first-order valence-electron chi connectivity index (χ1n) is 6.03. The van der Waals surface area contributed by atoms with E-state index in [1.54, 1.807) is 13.0 Å². The van der Waals surface area contributed by atoms with Crippen molar-refractivity contribution in [1.82, 2.24) is 0 Å². The summed E-state index contributed by atoms with van der Waals surface area (Å²) in [5.41, 5.74) is 1.82. The van der Waals surface area contributed by atoms with E-state index in [4.69, 9.17) is 4.74 Å². The SMILES string of the molecule is CCOC(=O)C(F)Oc1cc(C)ccc1C(C)C. The molecule has 0 bridgehead atoms. The molecule has 0 aliphatic carbocycles. The summed E-state index contributed by atoms with van der Waals surface area (Å²) in [6.07, 6.45) is -2.08. The second-order valence-corrected chi connectivity index (χ2v) is 4.38. The van der Waals surface area contributed by atoms with Gasteiger partial charge in [-0.2, -0.15) is 4.39 Å². The standard InChI is InChI=1S/C14H19FO3/c1-5-17-14(16)13(15)18-12-8-10(4)6-7-11(12)9(2)3/h6-9,13H,5H2,1-4H3. The highest BCUT2D eigenvalue weighted by Crippen LogP contribution is 2.28. The summed E-state index contributed by atoms with van der Waals surface area (Å²) in [4.78, 5) is 11.2. The van der Waals surface area contributed by atoms with Crippen LogP contribution >= 0.6 is 0 Å². The smallest absolute Gasteiger partial charge is 0.381 e. The topological polar surface area (TPSA) is 35.5 Å². The maximum absolute atomic E-state index is 13.5. The number of ether oxygens (including phenoxy) is 2. The monoisotopic (exact) mass is 254 g/mol. The molecule has 0 spiro atoms. The Morgan fingerprint density at radius 1 is 1.39 bits per heavy atom. The Labute approximate surface area is 107 Å². The summed E-state index contributed by atoms with van der Waals surface area (Å²) in [6, 6.07) is 5.54. The number of alkyl halides is 1. The number of hydrogen-bond donors (Lipinski definition) is 0. The third kappa shape index (κ3) is 3.72. The third-order valence-corrected chi connectivity index (χ3v) is 2.49. The first-order chi connectivity index (χ1) is 8.45. The van der Waals surface area contributed by atoms with Crippen molar-refractivity contribution in [2.45, 2.75) is 40.0 Å². The minimum absolute atomic E-state index is 0.132. The number of hydrogen-bond acceptors (Lipinski definition) is 3. The van der Waals surface area contributed by atoms with Crippen LogP contribution in [0.3, 0.4) is 0 Å². The maximum atomic E-state index is 13.5. The van der Waals surface area contributed by atoms with Crippen molar-refractivity contribution in [2.75, 3.05) is 6.61 Å². The summed E-state index contributed by atoms with van der Waals surface area (Å²) in [5, 5.41) is 0. The number of carbonyl (C=O) groups is 1. The molecule has 4 heteroatoms. The van der Waals surface area contributed by atoms with Gasteiger partial charge in [-0.1, -0.05) is 26.0 Å². The van der Waals surface area contributed by atoms with Crippen LogP contribution in [0.5, 0.6) is 5.75 Å². The highest BCUT2D eigenvalue weighted by atomic mass is 19.1. The van der Waals surface area contributed by atoms with E-state index in [1.165, 1.54) is 0 Å². The van der Waals surface area contributed by atoms with E-state index < -0.39 is 12.3 Å². The van der Waals surface area contributed by atoms with Crippen molar-refractivity contribution in [1.29, 1.82) is 0 Å². The molecule has 1 aromatic carbocycles. The lowest BCUT2D eigenvalue weighted by Crippen LogP contribution is -2.25. The molecular formula is C14H19FO3. The molecule has 1 unspecified atom stereocenters. The summed E-state index contributed by atoms with van der Waals surface area (Å²) >= 11 is 0. The summed E-state index contributed by atoms with van der Waals surface area (Å²) < 4.78 is 23.2. The van der Waals surface area contributed by atoms with E-state index in [0.29, 0.717) is 5.75 Å². The van der Waals surface area contributed by atoms with E-state index in [-0.39, 0.29) is 12.5 Å². The molecule has 1 rings (SSSR count). The zero-order valence-corrected chi connectivity index (χ0v) is 11.2. The lowest BCUT2D eigenvalue weighted by molar-refractivity contribution is -0.159. The number of esters is 1. The molecule has 1 atom stereocenters. The first kappa shape index (κ1) is 14.5. The molecule has 0 saturated carbocycles. The second-order valence-electron chi connectivity index (χ2n) is 4.38. The minimum atomic E-state index is -2.08. The fraction of sp³-hybridized carbons (Fsp3) is 0.500. The van der Waals surface area contributed by atoms with Crippen molar-refractivity contribution < 1.29 is 18.7 Å². The molecule has 0 heterocycles. The highest BCUT2D eigenvalue weighted by Gasteiger charge is 2.22. The number of benzene rings is 1. The second kappa shape index (κ2) is 6.38. The quantitative estimate of drug-likeness (QED) is 0.756. The molecular weight excluding hydrogens is 235 g/mol. The van der Waals surface area contributed by atoms with Crippen molar-refractivity contribution in [3.8, 4) is 5.75 Å². The average molecular weight is 254 g/mol. The molecule has 18 heavy (non-hydrogen) atoms. The Balaban J connectivity index is 2.88. The van der Waals surface area contributed by atoms with Crippen LogP contribution in [0.15, 0.2) is 18.2 Å². The Morgan fingerprint density at radius 2 is 2.06 bits per heavy atom.